The number of thioether (sulfide) groups is 1. The van der Waals surface area contributed by atoms with Gasteiger partial charge in [0.05, 0.1) is 16.3 Å². The zero-order chi connectivity index (χ0) is 18.4. The summed E-state index contributed by atoms with van der Waals surface area (Å²) in [6.07, 6.45) is 0.270. The summed E-state index contributed by atoms with van der Waals surface area (Å²) < 4.78 is 0. The van der Waals surface area contributed by atoms with Crippen molar-refractivity contribution in [1.29, 1.82) is 5.26 Å². The average Bonchev–Trinajstić information content (AvgIpc) is 2.58. The van der Waals surface area contributed by atoms with Crippen LogP contribution >= 0.6 is 35.0 Å². The number of carbonyl (C=O) groups is 1. The molecular weight excluding hydrogens is 377 g/mol. The summed E-state index contributed by atoms with van der Waals surface area (Å²) in [7, 11) is 0. The van der Waals surface area contributed by atoms with E-state index in [1.807, 2.05) is 19.9 Å². The van der Waals surface area contributed by atoms with Gasteiger partial charge in [0.25, 0.3) is 0 Å². The topological polar surface area (TPSA) is 65.8 Å². The van der Waals surface area contributed by atoms with Crippen molar-refractivity contribution >= 4 is 46.6 Å². The highest BCUT2D eigenvalue weighted by Crippen LogP contribution is 2.27. The third-order valence-electron chi connectivity index (χ3n) is 3.36. The molecule has 0 fully saturated rings. The van der Waals surface area contributed by atoms with Crippen LogP contribution in [0, 0.1) is 11.3 Å². The van der Waals surface area contributed by atoms with E-state index in [1.165, 1.54) is 11.8 Å². The van der Waals surface area contributed by atoms with E-state index in [-0.39, 0.29) is 18.2 Å². The van der Waals surface area contributed by atoms with Crippen LogP contribution in [-0.4, -0.2) is 16.6 Å². The van der Waals surface area contributed by atoms with Crippen LogP contribution in [0.15, 0.2) is 35.4 Å². The van der Waals surface area contributed by atoms with E-state index in [4.69, 9.17) is 23.2 Å². The number of hydrogen-bond acceptors (Lipinski definition) is 4. The van der Waals surface area contributed by atoms with Gasteiger partial charge in [-0.15, -0.1) is 11.8 Å². The minimum absolute atomic E-state index is 0.171. The predicted molar refractivity (Wildman–Crippen MR) is 103 cm³/mol. The van der Waals surface area contributed by atoms with Gasteiger partial charge in [0.15, 0.2) is 0 Å². The first-order valence-corrected chi connectivity index (χ1v) is 9.43. The van der Waals surface area contributed by atoms with Crippen molar-refractivity contribution in [2.24, 2.45) is 0 Å². The Labute approximate surface area is 161 Å². The van der Waals surface area contributed by atoms with E-state index in [0.29, 0.717) is 32.1 Å². The van der Waals surface area contributed by atoms with Crippen molar-refractivity contribution in [3.8, 4) is 6.07 Å². The minimum atomic E-state index is -0.171. The molecule has 25 heavy (non-hydrogen) atoms. The second kappa shape index (κ2) is 9.10. The maximum absolute atomic E-state index is 12.1. The molecule has 0 aliphatic carbocycles. The number of halogens is 2. The molecule has 0 bridgehead atoms. The van der Waals surface area contributed by atoms with Crippen LogP contribution in [0.4, 0.5) is 5.69 Å². The van der Waals surface area contributed by atoms with E-state index >= 15 is 0 Å². The summed E-state index contributed by atoms with van der Waals surface area (Å²) in [5, 5.41) is 13.5. The van der Waals surface area contributed by atoms with Gasteiger partial charge in [-0.05, 0) is 36.2 Å². The number of carbonyl (C=O) groups excluding carboxylic acids is 1. The van der Waals surface area contributed by atoms with Gasteiger partial charge in [-0.25, -0.2) is 4.98 Å². The Morgan fingerprint density at radius 2 is 2.08 bits per heavy atom. The lowest BCUT2D eigenvalue weighted by atomic mass is 10.1. The monoisotopic (exact) mass is 393 g/mol. The van der Waals surface area contributed by atoms with Crippen LogP contribution in [0.3, 0.4) is 0 Å². The molecule has 1 aromatic heterocycles. The third kappa shape index (κ3) is 5.64. The quantitative estimate of drug-likeness (QED) is 0.657. The summed E-state index contributed by atoms with van der Waals surface area (Å²) in [5.41, 5.74) is 1.94. The lowest BCUT2D eigenvalue weighted by Gasteiger charge is -2.09. The van der Waals surface area contributed by atoms with Crippen molar-refractivity contribution in [2.45, 2.75) is 31.2 Å². The smallest absolute Gasteiger partial charge is 0.225 e. The van der Waals surface area contributed by atoms with Gasteiger partial charge in [-0.3, -0.25) is 4.79 Å². The molecule has 0 aliphatic heterocycles. The number of nitrogens with one attached hydrogen (secondary N) is 1. The summed E-state index contributed by atoms with van der Waals surface area (Å²) in [4.78, 5) is 16.6. The fraction of sp³-hybridized carbons (Fsp3) is 0.278. The lowest BCUT2D eigenvalue weighted by molar-refractivity contribution is -0.115. The second-order valence-electron chi connectivity index (χ2n) is 5.63. The molecule has 0 spiro atoms. The highest BCUT2D eigenvalue weighted by atomic mass is 35.5. The van der Waals surface area contributed by atoms with Crippen molar-refractivity contribution in [1.82, 2.24) is 4.98 Å². The molecule has 0 aliphatic rings. The fourth-order valence-corrected chi connectivity index (χ4v) is 3.27. The number of aromatic nitrogens is 1. The molecule has 0 radical (unpaired) electrons. The number of nitrogens with zero attached hydrogens (tertiary/aromatic N) is 2. The molecule has 4 nitrogen and oxygen atoms in total. The van der Waals surface area contributed by atoms with Crippen LogP contribution in [0.1, 0.15) is 37.4 Å². The van der Waals surface area contributed by atoms with Gasteiger partial charge in [-0.2, -0.15) is 5.26 Å². The molecule has 2 aromatic rings. The first kappa shape index (κ1) is 19.6. The number of amides is 1. The Hall–Kier alpha value is -1.74. The normalized spacial score (nSPS) is 10.6. The summed E-state index contributed by atoms with van der Waals surface area (Å²) >= 11 is 13.3. The molecule has 7 heteroatoms. The number of benzene rings is 1. The third-order valence-corrected chi connectivity index (χ3v) is 4.92. The molecule has 1 aromatic carbocycles. The molecule has 2 rings (SSSR count). The van der Waals surface area contributed by atoms with E-state index in [2.05, 4.69) is 16.4 Å². The Bertz CT molecular complexity index is 818. The van der Waals surface area contributed by atoms with Gasteiger partial charge in [0, 0.05) is 22.9 Å². The molecule has 1 amide bonds. The predicted octanol–water partition coefficient (Wildman–Crippen LogP) is 5.50. The first-order chi connectivity index (χ1) is 11.9. The summed E-state index contributed by atoms with van der Waals surface area (Å²) in [5.74, 6) is 0.614. The van der Waals surface area contributed by atoms with Crippen LogP contribution in [0.5, 0.6) is 0 Å². The van der Waals surface area contributed by atoms with E-state index in [1.54, 1.807) is 24.3 Å². The molecule has 0 saturated heterocycles. The molecule has 1 heterocycles. The number of anilines is 1. The zero-order valence-corrected chi connectivity index (χ0v) is 16.2. The van der Waals surface area contributed by atoms with Crippen LogP contribution < -0.4 is 5.32 Å². The van der Waals surface area contributed by atoms with Crippen molar-refractivity contribution in [3.05, 3.63) is 51.6 Å². The minimum Gasteiger partial charge on any atom is -0.325 e. The maximum atomic E-state index is 12.1. The van der Waals surface area contributed by atoms with Gasteiger partial charge in [0.1, 0.15) is 11.1 Å². The molecule has 0 atom stereocenters. The molecule has 130 valence electrons. The highest BCUT2D eigenvalue weighted by molar-refractivity contribution is 7.99. The van der Waals surface area contributed by atoms with Gasteiger partial charge in [-0.1, -0.05) is 37.0 Å². The van der Waals surface area contributed by atoms with Gasteiger partial charge >= 0.3 is 0 Å². The van der Waals surface area contributed by atoms with Gasteiger partial charge in [0.2, 0.25) is 5.91 Å². The van der Waals surface area contributed by atoms with Crippen LogP contribution in [0.25, 0.3) is 0 Å². The van der Waals surface area contributed by atoms with Crippen LogP contribution in [0.2, 0.25) is 10.0 Å². The van der Waals surface area contributed by atoms with Crippen molar-refractivity contribution in [2.75, 3.05) is 11.1 Å². The lowest BCUT2D eigenvalue weighted by Crippen LogP contribution is -2.12. The molecular formula is C18H17Cl2N3OS. The largest absolute Gasteiger partial charge is 0.325 e. The molecule has 0 saturated carbocycles. The number of nitriles is 1. The van der Waals surface area contributed by atoms with E-state index < -0.39 is 0 Å². The van der Waals surface area contributed by atoms with Crippen molar-refractivity contribution < 1.29 is 4.79 Å². The zero-order valence-electron chi connectivity index (χ0n) is 13.8. The number of rotatable bonds is 6. The second-order valence-corrected chi connectivity index (χ2v) is 7.55. The van der Waals surface area contributed by atoms with Gasteiger partial charge < -0.3 is 5.32 Å². The standard InChI is InChI=1S/C18H17Cl2N3OS/c1-11(2)15-6-3-12(10-21)18(23-15)25-8-7-17(24)22-16-9-13(19)4-5-14(16)20/h3-6,9,11H,7-8H2,1-2H3,(H,22,24). The first-order valence-electron chi connectivity index (χ1n) is 7.69. The van der Waals surface area contributed by atoms with E-state index in [9.17, 15) is 10.1 Å². The highest BCUT2D eigenvalue weighted by Gasteiger charge is 2.11. The number of pyridine rings is 1. The van der Waals surface area contributed by atoms with Crippen LogP contribution in [-0.2, 0) is 4.79 Å². The Balaban J connectivity index is 1.96. The Morgan fingerprint density at radius 3 is 2.76 bits per heavy atom. The summed E-state index contributed by atoms with van der Waals surface area (Å²) in [6, 6.07) is 10.7. The Kier molecular flexibility index (Phi) is 7.12. The van der Waals surface area contributed by atoms with Crippen molar-refractivity contribution in [3.63, 3.8) is 0 Å². The summed E-state index contributed by atoms with van der Waals surface area (Å²) in [6.45, 7) is 4.09. The SMILES string of the molecule is CC(C)c1ccc(C#N)c(SCCC(=O)Nc2cc(Cl)ccc2Cl)n1. The maximum Gasteiger partial charge on any atom is 0.225 e. The molecule has 0 unspecified atom stereocenters. The number of hydrogen-bond donors (Lipinski definition) is 1. The van der Waals surface area contributed by atoms with E-state index in [0.717, 1.165) is 5.69 Å². The fourth-order valence-electron chi connectivity index (χ4n) is 2.02. The molecule has 1 N–H and O–H groups in total. The average molecular weight is 394 g/mol. The Morgan fingerprint density at radius 1 is 1.32 bits per heavy atom.